The molecule has 4 aliphatic heterocycles. The lowest BCUT2D eigenvalue weighted by Crippen LogP contribution is -2.38. The fourth-order valence-electron chi connectivity index (χ4n) is 11.7. The summed E-state index contributed by atoms with van der Waals surface area (Å²) in [5.41, 5.74) is 14.4. The van der Waals surface area contributed by atoms with Gasteiger partial charge in [-0.25, -0.2) is 4.85 Å². The molecule has 0 spiro atoms. The second-order valence-corrected chi connectivity index (χ2v) is 25.6. The maximum absolute atomic E-state index is 12.7. The summed E-state index contributed by atoms with van der Waals surface area (Å²) >= 11 is 0. The number of nitrogens with zero attached hydrogens (tertiary/aromatic N) is 6. The Kier molecular flexibility index (Phi) is 20.3. The predicted octanol–water partition coefficient (Wildman–Crippen LogP) is 13.8. The zero-order valence-electron chi connectivity index (χ0n) is 54.6. The lowest BCUT2D eigenvalue weighted by molar-refractivity contribution is -0.157. The first-order chi connectivity index (χ1) is 45.3. The summed E-state index contributed by atoms with van der Waals surface area (Å²) in [4.78, 5) is 41.3. The van der Waals surface area contributed by atoms with E-state index in [1.54, 1.807) is 24.5 Å². The maximum atomic E-state index is 12.7. The highest BCUT2D eigenvalue weighted by Crippen LogP contribution is 2.41. The van der Waals surface area contributed by atoms with Gasteiger partial charge >= 0.3 is 11.9 Å². The standard InChI is InChI=1S/2C38H39N3O6/c1-25-29(7-6-8-32(25)27-9-10-34-36(17-27)44-14-13-43-34)24-46-35-18-31(45-23-26-15-30(39-5)20-40-19-26)16-28-11-12-41(21-33(28)35)22-37(42)47-38(2,3)4;1-25-30(6-5-7-32(25)28-8-9-34-36(16-28)44-13-12-43-34)24-45-31-15-29-10-11-41(22-37(42)47-38(2,3)4)21-33(29)35(17-31)46-23-27-14-26(18-39)19-40-20-27/h6-10,15-20H,11-14,21-24H2,1-4H3;5-9,14-17,19-20H,10-13,21-24H2,1-4H3. The van der Waals surface area contributed by atoms with E-state index in [0.29, 0.717) is 100 Å². The monoisotopic (exact) mass is 1270 g/mol. The summed E-state index contributed by atoms with van der Waals surface area (Å²) in [7, 11) is 0. The minimum absolute atomic E-state index is 0.196. The van der Waals surface area contributed by atoms with Gasteiger partial charge in [-0.3, -0.25) is 29.4 Å². The van der Waals surface area contributed by atoms with Gasteiger partial charge in [-0.1, -0.05) is 48.5 Å². The van der Waals surface area contributed by atoms with Crippen LogP contribution >= 0.6 is 0 Å². The molecule has 0 unspecified atom stereocenters. The van der Waals surface area contributed by atoms with Crippen molar-refractivity contribution in [2.45, 2.75) is 119 Å². The maximum Gasteiger partial charge on any atom is 0.320 e. The number of rotatable bonds is 18. The van der Waals surface area contributed by atoms with Gasteiger partial charge in [0.2, 0.25) is 5.69 Å². The molecule has 6 aromatic carbocycles. The lowest BCUT2D eigenvalue weighted by Gasteiger charge is -2.31. The minimum Gasteiger partial charge on any atom is -0.489 e. The Bertz CT molecular complexity index is 4180. The molecule has 0 radical (unpaired) electrons. The van der Waals surface area contributed by atoms with Crippen molar-refractivity contribution >= 4 is 17.6 Å². The van der Waals surface area contributed by atoms with Crippen molar-refractivity contribution < 1.29 is 57.0 Å². The number of benzene rings is 6. The van der Waals surface area contributed by atoms with Gasteiger partial charge in [-0.2, -0.15) is 5.26 Å². The smallest absolute Gasteiger partial charge is 0.320 e. The highest BCUT2D eigenvalue weighted by atomic mass is 16.6. The van der Waals surface area contributed by atoms with E-state index in [2.05, 4.69) is 87.0 Å². The van der Waals surface area contributed by atoms with Gasteiger partial charge in [0.1, 0.15) is 93.1 Å². The van der Waals surface area contributed by atoms with E-state index < -0.39 is 11.2 Å². The topological polar surface area (TPSA) is 187 Å². The highest BCUT2D eigenvalue weighted by molar-refractivity contribution is 5.74. The van der Waals surface area contributed by atoms with E-state index in [-0.39, 0.29) is 38.2 Å². The quantitative estimate of drug-likeness (QED) is 0.0582. The first-order valence-corrected chi connectivity index (χ1v) is 31.6. The Labute approximate surface area is 549 Å². The Morgan fingerprint density at radius 1 is 0.553 bits per heavy atom. The molecule has 0 bridgehead atoms. The number of aromatic nitrogens is 2. The molecule has 0 aliphatic carbocycles. The fourth-order valence-corrected chi connectivity index (χ4v) is 11.7. The van der Waals surface area contributed by atoms with Crippen LogP contribution in [0.2, 0.25) is 0 Å². The highest BCUT2D eigenvalue weighted by Gasteiger charge is 2.28. The number of ether oxygens (including phenoxy) is 10. The molecular weight excluding hydrogens is 1190 g/mol. The van der Waals surface area contributed by atoms with Crippen LogP contribution in [0.15, 0.2) is 134 Å². The van der Waals surface area contributed by atoms with Gasteiger partial charge in [-0.15, -0.1) is 0 Å². The van der Waals surface area contributed by atoms with Crippen LogP contribution < -0.4 is 37.9 Å². The van der Waals surface area contributed by atoms with E-state index in [0.717, 1.165) is 114 Å². The van der Waals surface area contributed by atoms with Crippen LogP contribution in [0, 0.1) is 31.8 Å². The number of pyridine rings is 2. The molecule has 0 saturated heterocycles. The molecule has 12 rings (SSSR count). The Hall–Kier alpha value is -10.1. The van der Waals surface area contributed by atoms with Gasteiger partial charge in [0, 0.05) is 79.8 Å². The van der Waals surface area contributed by atoms with E-state index in [4.69, 9.17) is 53.9 Å². The molecule has 2 aromatic heterocycles. The summed E-state index contributed by atoms with van der Waals surface area (Å²) in [6, 6.07) is 38.2. The number of carbonyl (C=O) groups excluding carboxylic acids is 2. The van der Waals surface area contributed by atoms with Gasteiger partial charge in [0.25, 0.3) is 0 Å². The van der Waals surface area contributed by atoms with E-state index >= 15 is 0 Å². The number of nitriles is 1. The van der Waals surface area contributed by atoms with Crippen LogP contribution in [0.1, 0.15) is 103 Å². The van der Waals surface area contributed by atoms with Gasteiger partial charge in [-0.05, 0) is 178 Å². The summed E-state index contributed by atoms with van der Waals surface area (Å²) in [5.74, 6) is 5.31. The molecule has 6 heterocycles. The zero-order chi connectivity index (χ0) is 65.9. The van der Waals surface area contributed by atoms with Gasteiger partial charge in [0.05, 0.1) is 25.2 Å². The largest absolute Gasteiger partial charge is 0.489 e. The number of fused-ring (bicyclic) bond motifs is 4. The molecule has 8 aromatic rings. The normalized spacial score (nSPS) is 14.1. The van der Waals surface area contributed by atoms with Crippen molar-refractivity contribution in [2.24, 2.45) is 0 Å². The molecule has 0 saturated carbocycles. The summed E-state index contributed by atoms with van der Waals surface area (Å²) < 4.78 is 59.8. The van der Waals surface area contributed by atoms with Crippen molar-refractivity contribution in [3.05, 3.63) is 207 Å². The van der Waals surface area contributed by atoms with E-state index in [1.165, 1.54) is 12.4 Å². The van der Waals surface area contributed by atoms with Crippen LogP contribution in [-0.2, 0) is 71.4 Å². The molecular formula is C76H78N6O12. The third kappa shape index (κ3) is 16.9. The van der Waals surface area contributed by atoms with E-state index in [1.807, 2.05) is 96.1 Å². The van der Waals surface area contributed by atoms with Crippen molar-refractivity contribution in [1.29, 1.82) is 5.26 Å². The van der Waals surface area contributed by atoms with Gasteiger partial charge in [0.15, 0.2) is 23.0 Å². The SMILES string of the molecule is Cc1c(COc2cc3c(c(OCc4cncc(C#N)c4)c2)CN(CC(=O)OC(C)(C)C)CC3)cccc1-c1ccc2c(c1)OCCO2.[C-]#[N+]c1cncc(COc2cc3c(c(OCc4cccc(-c5ccc6c(c5)OCCO6)c4C)c2)CN(CC(=O)OC(C)(C)C)CC3)c1. The van der Waals surface area contributed by atoms with Crippen molar-refractivity contribution in [3.8, 4) is 74.3 Å². The number of hydrogen-bond donors (Lipinski definition) is 0. The first-order valence-electron chi connectivity index (χ1n) is 31.6. The second-order valence-electron chi connectivity index (χ2n) is 25.6. The number of hydrogen-bond acceptors (Lipinski definition) is 17. The number of esters is 2. The fraction of sp³-hybridized carbons (Fsp3) is 0.342. The van der Waals surface area contributed by atoms with Crippen LogP contribution in [0.25, 0.3) is 27.1 Å². The molecule has 0 amide bonds. The van der Waals surface area contributed by atoms with Crippen LogP contribution in [0.5, 0.6) is 46.0 Å². The van der Waals surface area contributed by atoms with Crippen molar-refractivity contribution in [1.82, 2.24) is 19.8 Å². The average Bonchev–Trinajstić information content (AvgIpc) is 0.818. The molecule has 18 nitrogen and oxygen atoms in total. The Morgan fingerprint density at radius 2 is 1.01 bits per heavy atom. The van der Waals surface area contributed by atoms with Crippen LogP contribution in [0.3, 0.4) is 0 Å². The number of carbonyl (C=O) groups is 2. The summed E-state index contributed by atoms with van der Waals surface area (Å²) in [5, 5.41) is 9.31. The van der Waals surface area contributed by atoms with E-state index in [9.17, 15) is 14.9 Å². The first kappa shape index (κ1) is 65.4. The molecule has 18 heteroatoms. The molecule has 0 N–H and O–H groups in total. The van der Waals surface area contributed by atoms with Crippen LogP contribution in [0.4, 0.5) is 5.69 Å². The minimum atomic E-state index is -0.543. The molecule has 484 valence electrons. The predicted molar refractivity (Wildman–Crippen MR) is 355 cm³/mol. The van der Waals surface area contributed by atoms with Gasteiger partial charge < -0.3 is 47.4 Å². The Morgan fingerprint density at radius 3 is 1.51 bits per heavy atom. The third-order valence-corrected chi connectivity index (χ3v) is 16.3. The zero-order valence-corrected chi connectivity index (χ0v) is 54.6. The molecule has 4 aliphatic rings. The molecule has 0 fully saturated rings. The van der Waals surface area contributed by atoms with Crippen LogP contribution in [-0.4, -0.2) is 95.5 Å². The summed E-state index contributed by atoms with van der Waals surface area (Å²) in [6.07, 6.45) is 7.93. The third-order valence-electron chi connectivity index (χ3n) is 16.3. The van der Waals surface area contributed by atoms with Crippen molar-refractivity contribution in [3.63, 3.8) is 0 Å². The Balaban J connectivity index is 0.000000192. The molecule has 94 heavy (non-hydrogen) atoms. The average molecular weight is 1270 g/mol. The molecule has 0 atom stereocenters. The second kappa shape index (κ2) is 29.2. The van der Waals surface area contributed by atoms with Crippen molar-refractivity contribution in [2.75, 3.05) is 52.6 Å². The lowest BCUT2D eigenvalue weighted by atomic mass is 9.96. The summed E-state index contributed by atoms with van der Waals surface area (Å²) in [6.45, 7) is 29.1.